The van der Waals surface area contributed by atoms with Crippen molar-refractivity contribution >= 4 is 40.9 Å². The minimum atomic E-state index is -0.389. The van der Waals surface area contributed by atoms with Crippen LogP contribution < -0.4 is 10.6 Å². The van der Waals surface area contributed by atoms with Crippen LogP contribution in [0.25, 0.3) is 0 Å². The fourth-order valence-electron chi connectivity index (χ4n) is 2.91. The van der Waals surface area contributed by atoms with Gasteiger partial charge in [0.05, 0.1) is 17.9 Å². The van der Waals surface area contributed by atoms with Gasteiger partial charge in [0.15, 0.2) is 0 Å². The zero-order valence-corrected chi connectivity index (χ0v) is 18.7. The quantitative estimate of drug-likeness (QED) is 0.368. The molecule has 0 aliphatic rings. The van der Waals surface area contributed by atoms with Crippen LogP contribution in [-0.2, 0) is 9.53 Å². The Morgan fingerprint density at radius 3 is 2.12 bits per heavy atom. The Morgan fingerprint density at radius 2 is 1.47 bits per heavy atom. The van der Waals surface area contributed by atoms with Gasteiger partial charge in [0, 0.05) is 21.8 Å². The number of anilines is 2. The summed E-state index contributed by atoms with van der Waals surface area (Å²) in [5.74, 6) is -0.471. The maximum atomic E-state index is 12.4. The number of rotatable bonds is 8. The van der Waals surface area contributed by atoms with Gasteiger partial charge in [0.2, 0.25) is 5.91 Å². The van der Waals surface area contributed by atoms with Crippen molar-refractivity contribution in [1.29, 1.82) is 0 Å². The summed E-state index contributed by atoms with van der Waals surface area (Å²) in [5.41, 5.74) is 3.29. The van der Waals surface area contributed by atoms with E-state index in [4.69, 9.17) is 4.74 Å². The second kappa shape index (κ2) is 11.2. The van der Waals surface area contributed by atoms with Gasteiger partial charge in [0.25, 0.3) is 5.91 Å². The van der Waals surface area contributed by atoms with E-state index < -0.39 is 0 Å². The SMILES string of the molecule is CCOC(=O)c1ccc(NC(=O)CSc2ccc(NC(=O)c3ccccc3C)cc2)cc1. The monoisotopic (exact) mass is 448 g/mol. The van der Waals surface area contributed by atoms with Crippen LogP contribution >= 0.6 is 11.8 Å². The molecule has 0 aromatic heterocycles. The van der Waals surface area contributed by atoms with E-state index in [0.717, 1.165) is 10.5 Å². The topological polar surface area (TPSA) is 84.5 Å². The molecule has 3 aromatic rings. The summed E-state index contributed by atoms with van der Waals surface area (Å²) in [6, 6.07) is 21.3. The molecule has 6 nitrogen and oxygen atoms in total. The van der Waals surface area contributed by atoms with Gasteiger partial charge in [-0.15, -0.1) is 11.8 Å². The molecular formula is C25H24N2O4S. The second-order valence-corrected chi connectivity index (χ2v) is 7.98. The first-order chi connectivity index (χ1) is 15.5. The summed E-state index contributed by atoms with van der Waals surface area (Å²) < 4.78 is 4.94. The van der Waals surface area contributed by atoms with Gasteiger partial charge in [0.1, 0.15) is 0 Å². The molecule has 0 atom stereocenters. The van der Waals surface area contributed by atoms with Crippen molar-refractivity contribution in [2.24, 2.45) is 0 Å². The highest BCUT2D eigenvalue weighted by atomic mass is 32.2. The van der Waals surface area contributed by atoms with Crippen molar-refractivity contribution in [1.82, 2.24) is 0 Å². The van der Waals surface area contributed by atoms with E-state index in [1.807, 2.05) is 49.4 Å². The molecule has 0 aliphatic heterocycles. The van der Waals surface area contributed by atoms with Crippen molar-refractivity contribution in [3.05, 3.63) is 89.5 Å². The fraction of sp³-hybridized carbons (Fsp3) is 0.160. The first kappa shape index (κ1) is 23.1. The van der Waals surface area contributed by atoms with Crippen molar-refractivity contribution in [3.8, 4) is 0 Å². The van der Waals surface area contributed by atoms with E-state index in [0.29, 0.717) is 29.1 Å². The Morgan fingerprint density at radius 1 is 0.844 bits per heavy atom. The molecule has 2 N–H and O–H groups in total. The minimum absolute atomic E-state index is 0.156. The normalized spacial score (nSPS) is 10.3. The molecule has 0 radical (unpaired) electrons. The van der Waals surface area contributed by atoms with Gasteiger partial charge in [-0.3, -0.25) is 9.59 Å². The lowest BCUT2D eigenvalue weighted by Crippen LogP contribution is -2.14. The average molecular weight is 449 g/mol. The summed E-state index contributed by atoms with van der Waals surface area (Å²) in [5, 5.41) is 5.69. The number of esters is 1. The molecule has 0 unspecified atom stereocenters. The highest BCUT2D eigenvalue weighted by Crippen LogP contribution is 2.21. The summed E-state index contributed by atoms with van der Waals surface area (Å²) in [6.07, 6.45) is 0. The standard InChI is InChI=1S/C25H24N2O4S/c1-3-31-25(30)18-8-10-19(11-9-18)26-23(28)16-32-21-14-12-20(13-15-21)27-24(29)22-7-5-4-6-17(22)2/h4-15H,3,16H2,1-2H3,(H,26,28)(H,27,29). The molecule has 0 bridgehead atoms. The van der Waals surface area contributed by atoms with Crippen molar-refractivity contribution < 1.29 is 19.1 Å². The number of hydrogen-bond acceptors (Lipinski definition) is 5. The number of benzene rings is 3. The van der Waals surface area contributed by atoms with Gasteiger partial charge in [-0.2, -0.15) is 0 Å². The summed E-state index contributed by atoms with van der Waals surface area (Å²) in [4.78, 5) is 37.2. The van der Waals surface area contributed by atoms with Crippen LogP contribution in [0.1, 0.15) is 33.2 Å². The Bertz CT molecular complexity index is 1100. The van der Waals surface area contributed by atoms with Gasteiger partial charge in [-0.05, 0) is 74.0 Å². The molecule has 0 saturated carbocycles. The van der Waals surface area contributed by atoms with E-state index in [1.54, 1.807) is 37.3 Å². The molecule has 0 aliphatic carbocycles. The van der Waals surface area contributed by atoms with Gasteiger partial charge < -0.3 is 15.4 Å². The summed E-state index contributed by atoms with van der Waals surface area (Å²) in [7, 11) is 0. The zero-order chi connectivity index (χ0) is 22.9. The molecular weight excluding hydrogens is 424 g/mol. The highest BCUT2D eigenvalue weighted by molar-refractivity contribution is 8.00. The first-order valence-electron chi connectivity index (χ1n) is 10.1. The van der Waals surface area contributed by atoms with Crippen molar-refractivity contribution in [2.75, 3.05) is 23.0 Å². The molecule has 164 valence electrons. The fourth-order valence-corrected chi connectivity index (χ4v) is 3.61. The van der Waals surface area contributed by atoms with Crippen LogP contribution in [0.5, 0.6) is 0 Å². The molecule has 0 saturated heterocycles. The van der Waals surface area contributed by atoms with Crippen LogP contribution in [0.2, 0.25) is 0 Å². The molecule has 2 amide bonds. The number of ether oxygens (including phenoxy) is 1. The van der Waals surface area contributed by atoms with Crippen LogP contribution in [0, 0.1) is 6.92 Å². The smallest absolute Gasteiger partial charge is 0.338 e. The highest BCUT2D eigenvalue weighted by Gasteiger charge is 2.10. The third kappa shape index (κ3) is 6.46. The maximum absolute atomic E-state index is 12.4. The largest absolute Gasteiger partial charge is 0.462 e. The number of hydrogen-bond donors (Lipinski definition) is 2. The lowest BCUT2D eigenvalue weighted by molar-refractivity contribution is -0.113. The van der Waals surface area contributed by atoms with E-state index in [9.17, 15) is 14.4 Å². The van der Waals surface area contributed by atoms with E-state index in [1.165, 1.54) is 11.8 Å². The molecule has 0 fully saturated rings. The van der Waals surface area contributed by atoms with Crippen molar-refractivity contribution in [3.63, 3.8) is 0 Å². The van der Waals surface area contributed by atoms with Crippen LogP contribution in [0.3, 0.4) is 0 Å². The Balaban J connectivity index is 1.48. The third-order valence-corrected chi connectivity index (χ3v) is 5.56. The molecule has 0 heterocycles. The number of thioether (sulfide) groups is 1. The summed E-state index contributed by atoms with van der Waals surface area (Å²) in [6.45, 7) is 3.96. The van der Waals surface area contributed by atoms with Gasteiger partial charge in [-0.25, -0.2) is 4.79 Å². The van der Waals surface area contributed by atoms with Gasteiger partial charge in [-0.1, -0.05) is 18.2 Å². The Hall–Kier alpha value is -3.58. The van der Waals surface area contributed by atoms with Crippen LogP contribution in [0.15, 0.2) is 77.7 Å². The molecule has 3 aromatic carbocycles. The van der Waals surface area contributed by atoms with Gasteiger partial charge >= 0.3 is 5.97 Å². The zero-order valence-electron chi connectivity index (χ0n) is 17.9. The van der Waals surface area contributed by atoms with E-state index in [-0.39, 0.29) is 23.5 Å². The number of carbonyl (C=O) groups is 3. The molecule has 7 heteroatoms. The van der Waals surface area contributed by atoms with E-state index in [2.05, 4.69) is 10.6 Å². The Kier molecular flexibility index (Phi) is 8.05. The number of aryl methyl sites for hydroxylation is 1. The van der Waals surface area contributed by atoms with Crippen LogP contribution in [0.4, 0.5) is 11.4 Å². The lowest BCUT2D eigenvalue weighted by Gasteiger charge is -2.09. The molecule has 32 heavy (non-hydrogen) atoms. The number of amides is 2. The molecule has 3 rings (SSSR count). The number of nitrogens with one attached hydrogen (secondary N) is 2. The Labute approximate surface area is 191 Å². The maximum Gasteiger partial charge on any atom is 0.338 e. The molecule has 0 spiro atoms. The predicted octanol–water partition coefficient (Wildman–Crippen LogP) is 5.15. The summed E-state index contributed by atoms with van der Waals surface area (Å²) >= 11 is 1.39. The average Bonchev–Trinajstić information content (AvgIpc) is 2.79. The number of carbonyl (C=O) groups excluding carboxylic acids is 3. The van der Waals surface area contributed by atoms with E-state index >= 15 is 0 Å². The third-order valence-electron chi connectivity index (χ3n) is 4.55. The minimum Gasteiger partial charge on any atom is -0.462 e. The first-order valence-corrected chi connectivity index (χ1v) is 11.1. The second-order valence-electron chi connectivity index (χ2n) is 6.93. The van der Waals surface area contributed by atoms with Crippen LogP contribution in [-0.4, -0.2) is 30.1 Å². The lowest BCUT2D eigenvalue weighted by atomic mass is 10.1. The van der Waals surface area contributed by atoms with Crippen molar-refractivity contribution in [2.45, 2.75) is 18.7 Å². The predicted molar refractivity (Wildman–Crippen MR) is 127 cm³/mol.